The smallest absolute Gasteiger partial charge is 0.416 e. The van der Waals surface area contributed by atoms with Crippen molar-refractivity contribution < 1.29 is 14.3 Å². The van der Waals surface area contributed by atoms with E-state index < -0.39 is 17.4 Å². The van der Waals surface area contributed by atoms with Gasteiger partial charge in [-0.25, -0.2) is 4.79 Å². The zero-order valence-corrected chi connectivity index (χ0v) is 10.1. The van der Waals surface area contributed by atoms with E-state index >= 15 is 0 Å². The second-order valence-electron chi connectivity index (χ2n) is 5.12. The Morgan fingerprint density at radius 3 is 2.40 bits per heavy atom. The molecule has 0 aromatic rings. The van der Waals surface area contributed by atoms with Crippen LogP contribution in [0.15, 0.2) is 12.3 Å². The Bertz CT molecular complexity index is 289. The number of rotatable bonds is 0. The summed E-state index contributed by atoms with van der Waals surface area (Å²) < 4.78 is 10.7. The average molecular weight is 213 g/mol. The average Bonchev–Trinajstić information content (AvgIpc) is 2.21. The highest BCUT2D eigenvalue weighted by Gasteiger charge is 2.41. The van der Waals surface area contributed by atoms with Crippen LogP contribution < -0.4 is 0 Å². The summed E-state index contributed by atoms with van der Waals surface area (Å²) in [6, 6.07) is 0. The Hall–Kier alpha value is -1.03. The maximum absolute atomic E-state index is 11.8. The van der Waals surface area contributed by atoms with Crippen LogP contribution in [0, 0.1) is 0 Å². The summed E-state index contributed by atoms with van der Waals surface area (Å²) in [4.78, 5) is 13.3. The lowest BCUT2D eigenvalue weighted by atomic mass is 10.2. The lowest BCUT2D eigenvalue weighted by Gasteiger charge is -2.32. The van der Waals surface area contributed by atoms with Crippen molar-refractivity contribution in [2.75, 3.05) is 6.61 Å². The summed E-state index contributed by atoms with van der Waals surface area (Å²) >= 11 is 0. The molecule has 1 saturated heterocycles. The van der Waals surface area contributed by atoms with Gasteiger partial charge in [-0.1, -0.05) is 6.58 Å². The predicted octanol–water partition coefficient (Wildman–Crippen LogP) is 2.50. The van der Waals surface area contributed by atoms with Gasteiger partial charge in [0.05, 0.1) is 6.61 Å². The molecule has 1 fully saturated rings. The zero-order valence-electron chi connectivity index (χ0n) is 10.1. The second kappa shape index (κ2) is 3.52. The molecule has 1 rings (SSSR count). The van der Waals surface area contributed by atoms with Crippen LogP contribution in [0.2, 0.25) is 0 Å². The molecule has 4 heteroatoms. The molecule has 0 saturated carbocycles. The van der Waals surface area contributed by atoms with Gasteiger partial charge in [0.15, 0.2) is 0 Å². The highest BCUT2D eigenvalue weighted by Crippen LogP contribution is 2.30. The van der Waals surface area contributed by atoms with Gasteiger partial charge in [-0.15, -0.1) is 0 Å². The third-order valence-corrected chi connectivity index (χ3v) is 2.02. The van der Waals surface area contributed by atoms with Gasteiger partial charge < -0.3 is 9.47 Å². The number of hydrogen-bond donors (Lipinski definition) is 0. The highest BCUT2D eigenvalue weighted by molar-refractivity contribution is 5.71. The minimum absolute atomic E-state index is 0.367. The van der Waals surface area contributed by atoms with E-state index in [2.05, 4.69) is 6.58 Å². The van der Waals surface area contributed by atoms with Gasteiger partial charge in [0.25, 0.3) is 0 Å². The maximum Gasteiger partial charge on any atom is 0.416 e. The second-order valence-corrected chi connectivity index (χ2v) is 5.12. The van der Waals surface area contributed by atoms with Crippen LogP contribution in [0.3, 0.4) is 0 Å². The first-order valence-electron chi connectivity index (χ1n) is 4.98. The van der Waals surface area contributed by atoms with Crippen LogP contribution in [0.1, 0.15) is 34.6 Å². The van der Waals surface area contributed by atoms with Crippen molar-refractivity contribution in [1.82, 2.24) is 4.90 Å². The molecule has 0 aliphatic carbocycles. The standard InChI is InChI=1S/C11H19NO3/c1-8-7-14-11(5,6)12(8)9(13)15-10(2,3)4/h1,7H2,2-6H3. The van der Waals surface area contributed by atoms with Crippen molar-refractivity contribution in [3.63, 3.8) is 0 Å². The molecule has 1 aliphatic rings. The Balaban J connectivity index is 2.79. The fourth-order valence-electron chi connectivity index (χ4n) is 1.43. The predicted molar refractivity (Wildman–Crippen MR) is 57.2 cm³/mol. The van der Waals surface area contributed by atoms with Gasteiger partial charge in [-0.3, -0.25) is 4.90 Å². The minimum atomic E-state index is -0.667. The molecule has 0 radical (unpaired) electrons. The molecule has 0 bridgehead atoms. The monoisotopic (exact) mass is 213 g/mol. The molecular formula is C11H19NO3. The third kappa shape index (κ3) is 2.72. The van der Waals surface area contributed by atoms with E-state index in [-0.39, 0.29) is 0 Å². The summed E-state index contributed by atoms with van der Waals surface area (Å²) in [6.45, 7) is 13.3. The molecule has 0 aromatic heterocycles. The van der Waals surface area contributed by atoms with E-state index in [0.717, 1.165) is 0 Å². The lowest BCUT2D eigenvalue weighted by Crippen LogP contribution is -2.45. The fraction of sp³-hybridized carbons (Fsp3) is 0.727. The Labute approximate surface area is 90.8 Å². The summed E-state index contributed by atoms with van der Waals surface area (Å²) in [5.41, 5.74) is -0.538. The van der Waals surface area contributed by atoms with E-state index in [0.29, 0.717) is 12.3 Å². The minimum Gasteiger partial charge on any atom is -0.443 e. The molecule has 15 heavy (non-hydrogen) atoms. The van der Waals surface area contributed by atoms with E-state index in [1.807, 2.05) is 34.6 Å². The molecule has 4 nitrogen and oxygen atoms in total. The Morgan fingerprint density at radius 1 is 1.53 bits per heavy atom. The van der Waals surface area contributed by atoms with Crippen LogP contribution >= 0.6 is 0 Å². The molecule has 86 valence electrons. The number of nitrogens with zero attached hydrogens (tertiary/aromatic N) is 1. The van der Waals surface area contributed by atoms with E-state index in [9.17, 15) is 4.79 Å². The molecule has 0 aromatic carbocycles. The van der Waals surface area contributed by atoms with Crippen molar-refractivity contribution in [3.8, 4) is 0 Å². The van der Waals surface area contributed by atoms with E-state index in [1.54, 1.807) is 0 Å². The van der Waals surface area contributed by atoms with Crippen LogP contribution in [0.5, 0.6) is 0 Å². The van der Waals surface area contributed by atoms with Crippen molar-refractivity contribution in [2.45, 2.75) is 45.9 Å². The van der Waals surface area contributed by atoms with Crippen LogP contribution in [-0.2, 0) is 9.47 Å². The molecule has 1 aliphatic heterocycles. The first-order chi connectivity index (χ1) is 6.63. The zero-order chi connectivity index (χ0) is 11.9. The van der Waals surface area contributed by atoms with Crippen molar-refractivity contribution in [1.29, 1.82) is 0 Å². The normalized spacial score (nSPS) is 20.6. The number of ether oxygens (including phenoxy) is 2. The maximum atomic E-state index is 11.8. The fourth-order valence-corrected chi connectivity index (χ4v) is 1.43. The summed E-state index contributed by atoms with van der Waals surface area (Å²) in [6.07, 6.45) is -0.407. The number of carbonyl (C=O) groups excluding carboxylic acids is 1. The SMILES string of the molecule is C=C1COC(C)(C)N1C(=O)OC(C)(C)C. The van der Waals surface area contributed by atoms with Crippen LogP contribution in [0.25, 0.3) is 0 Å². The highest BCUT2D eigenvalue weighted by atomic mass is 16.6. The van der Waals surface area contributed by atoms with Gasteiger partial charge >= 0.3 is 6.09 Å². The molecule has 0 unspecified atom stereocenters. The molecule has 1 amide bonds. The molecular weight excluding hydrogens is 194 g/mol. The van der Waals surface area contributed by atoms with Gasteiger partial charge in [0.1, 0.15) is 11.3 Å². The first-order valence-corrected chi connectivity index (χ1v) is 4.98. The van der Waals surface area contributed by atoms with Crippen LogP contribution in [-0.4, -0.2) is 28.9 Å². The summed E-state index contributed by atoms with van der Waals surface area (Å²) in [5.74, 6) is 0. The largest absolute Gasteiger partial charge is 0.443 e. The van der Waals surface area contributed by atoms with Crippen molar-refractivity contribution in [3.05, 3.63) is 12.3 Å². The first kappa shape index (κ1) is 12.0. The molecule has 0 atom stereocenters. The number of carbonyl (C=O) groups is 1. The van der Waals surface area contributed by atoms with Gasteiger partial charge in [0.2, 0.25) is 0 Å². The van der Waals surface area contributed by atoms with E-state index in [4.69, 9.17) is 9.47 Å². The number of amides is 1. The van der Waals surface area contributed by atoms with Gasteiger partial charge in [0, 0.05) is 5.70 Å². The molecule has 0 N–H and O–H groups in total. The third-order valence-electron chi connectivity index (χ3n) is 2.02. The molecule has 0 spiro atoms. The quantitative estimate of drug-likeness (QED) is 0.620. The van der Waals surface area contributed by atoms with E-state index in [1.165, 1.54) is 4.90 Å². The topological polar surface area (TPSA) is 38.8 Å². The summed E-state index contributed by atoms with van der Waals surface area (Å²) in [5, 5.41) is 0. The Kier molecular flexibility index (Phi) is 2.83. The molecule has 1 heterocycles. The van der Waals surface area contributed by atoms with Crippen molar-refractivity contribution >= 4 is 6.09 Å². The van der Waals surface area contributed by atoms with Gasteiger partial charge in [-0.2, -0.15) is 0 Å². The number of hydrogen-bond acceptors (Lipinski definition) is 3. The Morgan fingerprint density at radius 2 is 2.07 bits per heavy atom. The van der Waals surface area contributed by atoms with Crippen molar-refractivity contribution in [2.24, 2.45) is 0 Å². The summed E-state index contributed by atoms with van der Waals surface area (Å²) in [7, 11) is 0. The van der Waals surface area contributed by atoms with Crippen LogP contribution in [0.4, 0.5) is 4.79 Å². The lowest BCUT2D eigenvalue weighted by molar-refractivity contribution is -0.0567. The van der Waals surface area contributed by atoms with Gasteiger partial charge in [-0.05, 0) is 34.6 Å².